The zero-order chi connectivity index (χ0) is 27.3. The monoisotopic (exact) mass is 514 g/mol. The Balaban J connectivity index is 1.54. The summed E-state index contributed by atoms with van der Waals surface area (Å²) in [5.74, 6) is 0.250. The largest absolute Gasteiger partial charge is 0.494 e. The van der Waals surface area contributed by atoms with Gasteiger partial charge >= 0.3 is 5.69 Å². The number of para-hydroxylation sites is 1. The molecule has 4 aromatic rings. The van der Waals surface area contributed by atoms with Crippen molar-refractivity contribution in [1.29, 1.82) is 0 Å². The number of aromatic amines is 1. The van der Waals surface area contributed by atoms with Gasteiger partial charge in [-0.05, 0) is 86.7 Å². The Morgan fingerprint density at radius 3 is 2.61 bits per heavy atom. The maximum Gasteiger partial charge on any atom is 0.332 e. The van der Waals surface area contributed by atoms with Crippen molar-refractivity contribution in [3.8, 4) is 22.6 Å². The topological polar surface area (TPSA) is 126 Å². The fourth-order valence-corrected chi connectivity index (χ4v) is 3.96. The average molecular weight is 515 g/mol. The lowest BCUT2D eigenvalue weighted by Gasteiger charge is -2.17. The molecule has 9 nitrogen and oxygen atoms in total. The Kier molecular flexibility index (Phi) is 7.87. The summed E-state index contributed by atoms with van der Waals surface area (Å²) >= 11 is 0. The Labute approximate surface area is 219 Å². The van der Waals surface area contributed by atoms with E-state index < -0.39 is 22.8 Å². The molecular weight excluding hydrogens is 484 g/mol. The first-order valence-corrected chi connectivity index (χ1v) is 12.3. The van der Waals surface area contributed by atoms with Crippen molar-refractivity contribution in [3.05, 3.63) is 105 Å². The molecule has 2 aromatic heterocycles. The molecule has 0 saturated heterocycles. The molecule has 0 bridgehead atoms. The van der Waals surface area contributed by atoms with Crippen LogP contribution in [0.5, 0.6) is 5.75 Å². The second-order valence-electron chi connectivity index (χ2n) is 9.63. The number of carbonyl (C=O) groups is 1. The average Bonchev–Trinajstić information content (AvgIpc) is 2.87. The van der Waals surface area contributed by atoms with Crippen molar-refractivity contribution in [2.45, 2.75) is 39.2 Å². The van der Waals surface area contributed by atoms with Crippen molar-refractivity contribution in [1.82, 2.24) is 14.5 Å². The molecule has 9 heteroatoms. The van der Waals surface area contributed by atoms with Crippen LogP contribution in [0.25, 0.3) is 16.8 Å². The highest BCUT2D eigenvalue weighted by atomic mass is 16.5. The number of aliphatic hydroxyl groups is 1. The summed E-state index contributed by atoms with van der Waals surface area (Å²) in [7, 11) is 0. The van der Waals surface area contributed by atoms with Gasteiger partial charge in [0.25, 0.3) is 11.5 Å². The number of amides is 1. The minimum Gasteiger partial charge on any atom is -0.494 e. The molecule has 1 amide bonds. The third-order valence-corrected chi connectivity index (χ3v) is 5.94. The molecule has 2 heterocycles. The number of aromatic nitrogens is 3. The highest BCUT2D eigenvalue weighted by Gasteiger charge is 2.16. The lowest BCUT2D eigenvalue weighted by molar-refractivity contribution is 0.0641. The van der Waals surface area contributed by atoms with Gasteiger partial charge in [-0.15, -0.1) is 0 Å². The van der Waals surface area contributed by atoms with E-state index in [1.54, 1.807) is 56.4 Å². The first-order valence-electron chi connectivity index (χ1n) is 12.3. The predicted molar refractivity (Wildman–Crippen MR) is 146 cm³/mol. The SMILES string of the molecule is Cc1ccc(OCCCC(C)(C)O)cc1-c1ccnc(NC(=O)c2cn(-c3ccccc3)c(=O)[nH]c2=O)c1. The Hall–Kier alpha value is -4.50. The van der Waals surface area contributed by atoms with E-state index in [1.165, 1.54) is 10.8 Å². The van der Waals surface area contributed by atoms with Gasteiger partial charge in [-0.3, -0.25) is 19.1 Å². The Morgan fingerprint density at radius 2 is 1.87 bits per heavy atom. The molecule has 0 spiro atoms. The highest BCUT2D eigenvalue weighted by Crippen LogP contribution is 2.29. The summed E-state index contributed by atoms with van der Waals surface area (Å²) in [6.45, 7) is 5.99. The van der Waals surface area contributed by atoms with Crippen LogP contribution in [0.4, 0.5) is 5.82 Å². The fraction of sp³-hybridized carbons (Fsp3) is 0.241. The molecule has 0 aliphatic rings. The number of aryl methyl sites for hydroxylation is 1. The third-order valence-electron chi connectivity index (χ3n) is 5.94. The zero-order valence-corrected chi connectivity index (χ0v) is 21.5. The molecule has 2 aromatic carbocycles. The van der Waals surface area contributed by atoms with E-state index in [4.69, 9.17) is 4.74 Å². The van der Waals surface area contributed by atoms with E-state index in [9.17, 15) is 19.5 Å². The molecule has 0 fully saturated rings. The number of hydrogen-bond acceptors (Lipinski definition) is 6. The van der Waals surface area contributed by atoms with Crippen LogP contribution in [0.15, 0.2) is 82.6 Å². The van der Waals surface area contributed by atoms with Crippen LogP contribution in [0, 0.1) is 6.92 Å². The van der Waals surface area contributed by atoms with Crippen LogP contribution < -0.4 is 21.3 Å². The smallest absolute Gasteiger partial charge is 0.332 e. The number of rotatable bonds is 9. The first-order chi connectivity index (χ1) is 18.1. The molecule has 0 unspecified atom stereocenters. The van der Waals surface area contributed by atoms with Gasteiger partial charge < -0.3 is 15.2 Å². The van der Waals surface area contributed by atoms with Gasteiger partial charge in [-0.1, -0.05) is 24.3 Å². The molecule has 0 aliphatic heterocycles. The van der Waals surface area contributed by atoms with Crippen molar-refractivity contribution in [3.63, 3.8) is 0 Å². The minimum atomic E-state index is -0.791. The highest BCUT2D eigenvalue weighted by molar-refractivity contribution is 6.03. The van der Waals surface area contributed by atoms with Gasteiger partial charge in [0.05, 0.1) is 17.9 Å². The maximum atomic E-state index is 13.0. The second-order valence-corrected chi connectivity index (χ2v) is 9.63. The van der Waals surface area contributed by atoms with E-state index in [1.807, 2.05) is 31.2 Å². The number of anilines is 1. The number of nitrogens with zero attached hydrogens (tertiary/aromatic N) is 2. The standard InChI is InChI=1S/C29H30N4O5/c1-19-10-11-22(38-15-7-13-29(2,3)37)17-23(19)20-12-14-30-25(16-20)31-26(34)24-18-33(28(36)32-27(24)35)21-8-5-4-6-9-21/h4-6,8-12,14,16-18,37H,7,13,15H2,1-3H3,(H,30,31,34)(H,32,35,36). The lowest BCUT2D eigenvalue weighted by atomic mass is 10.0. The number of ether oxygens (including phenoxy) is 1. The summed E-state index contributed by atoms with van der Waals surface area (Å²) in [5.41, 5.74) is 0.832. The lowest BCUT2D eigenvalue weighted by Crippen LogP contribution is -2.34. The van der Waals surface area contributed by atoms with Crippen molar-refractivity contribution >= 4 is 11.7 Å². The van der Waals surface area contributed by atoms with E-state index in [2.05, 4.69) is 15.3 Å². The Morgan fingerprint density at radius 1 is 1.11 bits per heavy atom. The van der Waals surface area contributed by atoms with Gasteiger partial charge in [0.15, 0.2) is 0 Å². The van der Waals surface area contributed by atoms with E-state index in [0.29, 0.717) is 24.5 Å². The quantitative estimate of drug-likeness (QED) is 0.289. The van der Waals surface area contributed by atoms with Crippen LogP contribution in [0.3, 0.4) is 0 Å². The molecular formula is C29H30N4O5. The van der Waals surface area contributed by atoms with E-state index in [0.717, 1.165) is 23.1 Å². The molecule has 3 N–H and O–H groups in total. The number of hydrogen-bond donors (Lipinski definition) is 3. The predicted octanol–water partition coefficient (Wildman–Crippen LogP) is 4.08. The molecule has 38 heavy (non-hydrogen) atoms. The number of pyridine rings is 1. The summed E-state index contributed by atoms with van der Waals surface area (Å²) < 4.78 is 7.08. The summed E-state index contributed by atoms with van der Waals surface area (Å²) in [6.07, 6.45) is 4.13. The molecule has 196 valence electrons. The van der Waals surface area contributed by atoms with Crippen LogP contribution in [0.1, 0.15) is 42.6 Å². The summed E-state index contributed by atoms with van der Waals surface area (Å²) in [4.78, 5) is 44.1. The summed E-state index contributed by atoms with van der Waals surface area (Å²) in [6, 6.07) is 18.0. The van der Waals surface area contributed by atoms with Gasteiger partial charge in [0.1, 0.15) is 17.1 Å². The number of benzene rings is 2. The van der Waals surface area contributed by atoms with Crippen LogP contribution in [0.2, 0.25) is 0 Å². The van der Waals surface area contributed by atoms with Crippen LogP contribution in [-0.2, 0) is 0 Å². The molecule has 0 atom stereocenters. The summed E-state index contributed by atoms with van der Waals surface area (Å²) in [5, 5.41) is 12.5. The molecule has 0 radical (unpaired) electrons. The third kappa shape index (κ3) is 6.63. The molecule has 4 rings (SSSR count). The van der Waals surface area contributed by atoms with Crippen molar-refractivity contribution < 1.29 is 14.6 Å². The normalized spacial score (nSPS) is 11.3. The van der Waals surface area contributed by atoms with E-state index in [-0.39, 0.29) is 11.4 Å². The van der Waals surface area contributed by atoms with Gasteiger partial charge in [-0.25, -0.2) is 9.78 Å². The van der Waals surface area contributed by atoms with Crippen molar-refractivity contribution in [2.75, 3.05) is 11.9 Å². The molecule has 0 aliphatic carbocycles. The van der Waals surface area contributed by atoms with E-state index >= 15 is 0 Å². The van der Waals surface area contributed by atoms with Crippen LogP contribution in [-0.4, -0.2) is 37.8 Å². The second kappa shape index (κ2) is 11.3. The van der Waals surface area contributed by atoms with Crippen molar-refractivity contribution in [2.24, 2.45) is 0 Å². The first kappa shape index (κ1) is 26.6. The fourth-order valence-electron chi connectivity index (χ4n) is 3.96. The van der Waals surface area contributed by atoms with Gasteiger partial charge in [0, 0.05) is 12.4 Å². The number of H-pyrrole nitrogens is 1. The molecule has 0 saturated carbocycles. The van der Waals surface area contributed by atoms with Crippen LogP contribution >= 0.6 is 0 Å². The maximum absolute atomic E-state index is 13.0. The van der Waals surface area contributed by atoms with Gasteiger partial charge in [0.2, 0.25) is 0 Å². The minimum absolute atomic E-state index is 0.224. The number of nitrogens with one attached hydrogen (secondary N) is 2. The number of carbonyl (C=O) groups excluding carboxylic acids is 1. The zero-order valence-electron chi connectivity index (χ0n) is 21.5. The van der Waals surface area contributed by atoms with Gasteiger partial charge in [-0.2, -0.15) is 0 Å². The Bertz CT molecular complexity index is 1550.